The van der Waals surface area contributed by atoms with E-state index in [2.05, 4.69) is 142 Å². The Morgan fingerprint density at radius 2 is 1.06 bits per heavy atom. The summed E-state index contributed by atoms with van der Waals surface area (Å²) >= 11 is 0. The molecule has 0 fully saturated rings. The minimum absolute atomic E-state index is 0.0117. The zero-order valence-corrected chi connectivity index (χ0v) is 54.4. The summed E-state index contributed by atoms with van der Waals surface area (Å²) in [6.07, 6.45) is 19.5. The van der Waals surface area contributed by atoms with Crippen molar-refractivity contribution in [2.75, 3.05) is 17.2 Å². The second-order valence-electron chi connectivity index (χ2n) is 23.6. The highest BCUT2D eigenvalue weighted by Crippen LogP contribution is 2.24. The van der Waals surface area contributed by atoms with E-state index in [4.69, 9.17) is 22.9 Å². The summed E-state index contributed by atoms with van der Waals surface area (Å²) in [6, 6.07) is 9.37. The summed E-state index contributed by atoms with van der Waals surface area (Å²) in [4.78, 5) is 84.9. The maximum Gasteiger partial charge on any atom is 0.280 e. The molecule has 26 heteroatoms. The van der Waals surface area contributed by atoms with Crippen LogP contribution >= 0.6 is 0 Å². The van der Waals surface area contributed by atoms with Gasteiger partial charge in [0, 0.05) is 108 Å². The van der Waals surface area contributed by atoms with Crippen LogP contribution in [-0.4, -0.2) is 108 Å². The summed E-state index contributed by atoms with van der Waals surface area (Å²) in [5.74, 6) is 3.12. The molecule has 26 nitrogen and oxygen atoms in total. The van der Waals surface area contributed by atoms with Crippen LogP contribution in [0.4, 0.5) is 17.3 Å². The first-order valence-corrected chi connectivity index (χ1v) is 29.1. The van der Waals surface area contributed by atoms with Crippen molar-refractivity contribution in [3.63, 3.8) is 0 Å². The summed E-state index contributed by atoms with van der Waals surface area (Å²) in [6.45, 7) is 45.9. The van der Waals surface area contributed by atoms with Gasteiger partial charge in [-0.25, -0.2) is 29.9 Å². The maximum absolute atomic E-state index is 11.5. The SMILES string of the molecule is C=C1N=C(N)C=CN1C(C)(C)C.C=C1NC(=O)C(C)=CN1C(C)C.C=C1NC(=O)C=CN1C(C)C.CC(C)n1ccc2c(N)ccnc21.CC(C)n1cnc2c(=O)[nH]c(N)nc21.CC(C)n1cnc2c(N)ccnc21.Cc1nc2c(ccn2C(C)C)c(=O)[nH]1. The topological polar surface area (TPSA) is 347 Å². The first kappa shape index (κ1) is 69.5. The van der Waals surface area contributed by atoms with E-state index >= 15 is 0 Å². The van der Waals surface area contributed by atoms with Gasteiger partial charge in [-0.3, -0.25) is 24.2 Å². The van der Waals surface area contributed by atoms with Gasteiger partial charge in [-0.15, -0.1) is 0 Å². The number of fused-ring (bicyclic) bond motifs is 4. The number of carbonyl (C=O) groups excluding carboxylic acids is 2. The van der Waals surface area contributed by atoms with E-state index in [0.29, 0.717) is 81.6 Å². The van der Waals surface area contributed by atoms with Crippen LogP contribution in [-0.2, 0) is 9.59 Å². The zero-order valence-electron chi connectivity index (χ0n) is 54.4. The third-order valence-electron chi connectivity index (χ3n) is 13.5. The van der Waals surface area contributed by atoms with Crippen LogP contribution in [0.2, 0.25) is 0 Å². The predicted molar refractivity (Wildman–Crippen MR) is 358 cm³/mol. The Balaban J connectivity index is 0.000000189. The van der Waals surface area contributed by atoms with Gasteiger partial charge in [0.15, 0.2) is 16.8 Å². The van der Waals surface area contributed by atoms with Crippen LogP contribution in [0.1, 0.15) is 141 Å². The molecular weight excluding hydrogens is 1130 g/mol. The molecule has 0 saturated heterocycles. The van der Waals surface area contributed by atoms with Gasteiger partial charge in [0.05, 0.1) is 23.7 Å². The maximum atomic E-state index is 11.5. The minimum Gasteiger partial charge on any atom is -0.398 e. The van der Waals surface area contributed by atoms with Crippen LogP contribution in [0, 0.1) is 6.92 Å². The number of aromatic amines is 2. The lowest BCUT2D eigenvalue weighted by Crippen LogP contribution is -2.40. The summed E-state index contributed by atoms with van der Waals surface area (Å²) in [5.41, 5.74) is 28.6. The first-order chi connectivity index (χ1) is 41.6. The summed E-state index contributed by atoms with van der Waals surface area (Å²) < 4.78 is 7.93. The highest BCUT2D eigenvalue weighted by atomic mass is 16.2. The molecule has 8 aromatic heterocycles. The molecule has 0 saturated carbocycles. The number of nitrogen functional groups attached to an aromatic ring is 3. The van der Waals surface area contributed by atoms with Crippen molar-refractivity contribution < 1.29 is 9.59 Å². The van der Waals surface area contributed by atoms with Gasteiger partial charge in [-0.05, 0) is 148 Å². The smallest absolute Gasteiger partial charge is 0.280 e. The third-order valence-corrected chi connectivity index (χ3v) is 13.5. The first-order valence-electron chi connectivity index (χ1n) is 29.1. The highest BCUT2D eigenvalue weighted by Gasteiger charge is 2.23. The Bertz CT molecular complexity index is 3890. The number of nitrogens with two attached hydrogens (primary N) is 4. The lowest BCUT2D eigenvalue weighted by molar-refractivity contribution is -0.118. The standard InChI is InChI=1S/C10H13N3O.C10H13N3.C9H12N4.C9H15N3.C9H14N2O.C8H11N5O.C8H12N2O/c1-6(2)13-5-4-8-9(13)11-7(3)12-10(8)14;1-7(2)13-6-4-8-9(11)3-5-12-10(8)13;1-6(2)13-5-12-8-7(10)3-4-11-9(8)13;1-7-11-8(10)5-6-12(7)9(2,3)4;1-6(2)11-5-7(3)9(12)10-8(11)4;1-4(2)13-3-10-5-6(13)11-8(9)12-7(5)14;1-6(2)10-5-4-8(11)9-7(10)3/h4-6H,1-3H3,(H,11,12,14);3-7H,1-2H3,(H2,11,12);3-6H,1-2H3,(H2,10,11);5-6H,1H2,2-4H3,(H2,10,11);5-6H,4H2,1-3H3,(H,10,12);3-4H,1-2H3,(H3,9,11,12,14);4-6H,3H2,1-2H3,(H,9,11). The number of nitrogens with zero attached hydrogens (tertiary/aromatic N) is 14. The van der Waals surface area contributed by atoms with Gasteiger partial charge in [-0.2, -0.15) is 4.98 Å². The number of amides is 2. The lowest BCUT2D eigenvalue weighted by atomic mass is 10.1. The fourth-order valence-corrected chi connectivity index (χ4v) is 8.87. The van der Waals surface area contributed by atoms with Gasteiger partial charge in [0.1, 0.15) is 45.9 Å². The summed E-state index contributed by atoms with van der Waals surface area (Å²) in [7, 11) is 0. The Labute approximate surface area is 519 Å². The van der Waals surface area contributed by atoms with Crippen molar-refractivity contribution in [2.24, 2.45) is 10.7 Å². The van der Waals surface area contributed by atoms with E-state index in [0.717, 1.165) is 39.1 Å². The molecule has 0 aromatic carbocycles. The van der Waals surface area contributed by atoms with Crippen molar-refractivity contribution in [1.29, 1.82) is 0 Å². The van der Waals surface area contributed by atoms with E-state index in [-0.39, 0.29) is 40.5 Å². The molecule has 0 radical (unpaired) electrons. The van der Waals surface area contributed by atoms with Crippen molar-refractivity contribution in [3.05, 3.63) is 162 Å². The van der Waals surface area contributed by atoms with Gasteiger partial charge in [0.2, 0.25) is 5.95 Å². The van der Waals surface area contributed by atoms with Crippen LogP contribution in [0.25, 0.3) is 44.4 Å². The van der Waals surface area contributed by atoms with Crippen molar-refractivity contribution in [2.45, 2.75) is 159 Å². The van der Waals surface area contributed by atoms with E-state index in [1.54, 1.807) is 67.9 Å². The average molecular weight is 1220 g/mol. The quantitative estimate of drug-likeness (QED) is 0.0769. The van der Waals surface area contributed by atoms with Crippen LogP contribution < -0.4 is 44.7 Å². The van der Waals surface area contributed by atoms with Gasteiger partial charge >= 0.3 is 0 Å². The molecule has 476 valence electrons. The number of aliphatic imine (C=N–C) groups is 1. The number of hydrogen-bond donors (Lipinski definition) is 8. The molecule has 12 N–H and O–H groups in total. The molecule has 11 rings (SSSR count). The molecule has 0 atom stereocenters. The van der Waals surface area contributed by atoms with E-state index in [9.17, 15) is 19.2 Å². The average Bonchev–Trinajstić information content (AvgIpc) is 2.55. The molecule has 2 amide bonds. The number of pyridine rings is 2. The van der Waals surface area contributed by atoms with Gasteiger partial charge < -0.3 is 71.5 Å². The molecule has 3 aliphatic rings. The van der Waals surface area contributed by atoms with E-state index in [1.165, 1.54) is 6.08 Å². The number of amidine groups is 1. The van der Waals surface area contributed by atoms with Gasteiger partial charge in [0.25, 0.3) is 22.9 Å². The van der Waals surface area contributed by atoms with Crippen LogP contribution in [0.15, 0.2) is 150 Å². The van der Waals surface area contributed by atoms with E-state index < -0.39 is 0 Å². The Morgan fingerprint density at radius 3 is 1.61 bits per heavy atom. The Hall–Kier alpha value is -10.3. The van der Waals surface area contributed by atoms with Crippen molar-refractivity contribution in [1.82, 2.24) is 83.5 Å². The fraction of sp³-hybridized carbons (Fsp3) is 0.381. The number of anilines is 3. The van der Waals surface area contributed by atoms with Crippen LogP contribution in [0.3, 0.4) is 0 Å². The number of carbonyl (C=O) groups is 2. The zero-order chi connectivity index (χ0) is 66.5. The Kier molecular flexibility index (Phi) is 23.3. The molecule has 8 aromatic rings. The monoisotopic (exact) mass is 1220 g/mol. The second-order valence-corrected chi connectivity index (χ2v) is 23.6. The molecule has 0 spiro atoms. The molecule has 11 heterocycles. The summed E-state index contributed by atoms with van der Waals surface area (Å²) in [5, 5.41) is 7.00. The lowest BCUT2D eigenvalue weighted by Gasteiger charge is -2.35. The molecule has 89 heavy (non-hydrogen) atoms. The fourth-order valence-electron chi connectivity index (χ4n) is 8.87. The predicted octanol–water partition coefficient (Wildman–Crippen LogP) is 9.15. The number of imidazole rings is 2. The van der Waals surface area contributed by atoms with Crippen molar-refractivity contribution >= 4 is 79.4 Å². The number of aryl methyl sites for hydroxylation is 1. The molecule has 0 aliphatic carbocycles. The number of H-pyrrole nitrogens is 2. The molecule has 0 unspecified atom stereocenters. The molecule has 0 bridgehead atoms. The van der Waals surface area contributed by atoms with E-state index in [1.807, 2.05) is 102 Å². The third kappa shape index (κ3) is 17.9. The molecular formula is C63H90N22O4. The normalized spacial score (nSPS) is 13.9. The minimum atomic E-state index is -0.299. The van der Waals surface area contributed by atoms with Gasteiger partial charge in [-0.1, -0.05) is 19.7 Å². The Morgan fingerprint density at radius 1 is 0.528 bits per heavy atom. The largest absolute Gasteiger partial charge is 0.398 e. The van der Waals surface area contributed by atoms with Crippen LogP contribution in [0.5, 0.6) is 0 Å². The number of aromatic nitrogens is 12. The number of nitrogens with one attached hydrogen (secondary N) is 4. The molecule has 3 aliphatic heterocycles. The van der Waals surface area contributed by atoms with Crippen molar-refractivity contribution in [3.8, 4) is 0 Å². The highest BCUT2D eigenvalue weighted by molar-refractivity contribution is 5.95. The second kappa shape index (κ2) is 29.9. The number of rotatable bonds is 6. The number of hydrogen-bond acceptors (Lipinski definition) is 18.